The van der Waals surface area contributed by atoms with Crippen LogP contribution >= 0.6 is 0 Å². The highest BCUT2D eigenvalue weighted by molar-refractivity contribution is 5.35. The third kappa shape index (κ3) is 6.10. The summed E-state index contributed by atoms with van der Waals surface area (Å²) in [5.41, 5.74) is -1.16. The van der Waals surface area contributed by atoms with E-state index in [0.717, 1.165) is 17.1 Å². The number of H-pyrrole nitrogens is 1. The highest BCUT2D eigenvalue weighted by atomic mass is 19.4. The molecule has 0 aliphatic carbocycles. The number of hydrogen-bond acceptors (Lipinski definition) is 3. The van der Waals surface area contributed by atoms with Crippen LogP contribution in [0.2, 0.25) is 0 Å². The number of aromatic amines is 1. The van der Waals surface area contributed by atoms with Gasteiger partial charge in [0.1, 0.15) is 5.82 Å². The van der Waals surface area contributed by atoms with Crippen LogP contribution in [0, 0.1) is 12.8 Å². The molecule has 10 heteroatoms. The van der Waals surface area contributed by atoms with E-state index in [9.17, 15) is 26.3 Å². The zero-order chi connectivity index (χ0) is 26.1. The van der Waals surface area contributed by atoms with Gasteiger partial charge in [-0.1, -0.05) is 30.3 Å². The Morgan fingerprint density at radius 3 is 2.22 bits per heavy atom. The van der Waals surface area contributed by atoms with Gasteiger partial charge in [0.2, 0.25) is 0 Å². The number of benzene rings is 2. The van der Waals surface area contributed by atoms with Gasteiger partial charge in [-0.25, -0.2) is 4.98 Å². The lowest BCUT2D eigenvalue weighted by molar-refractivity contribution is -0.209. The molecule has 1 N–H and O–H groups in total. The van der Waals surface area contributed by atoms with Gasteiger partial charge < -0.3 is 14.5 Å². The van der Waals surface area contributed by atoms with Gasteiger partial charge in [0.15, 0.2) is 6.29 Å². The molecule has 4 nitrogen and oxygen atoms in total. The monoisotopic (exact) mass is 512 g/mol. The van der Waals surface area contributed by atoms with Crippen molar-refractivity contribution in [3.63, 3.8) is 0 Å². The Balaban J connectivity index is 1.64. The average Bonchev–Trinajstić information content (AvgIpc) is 3.23. The van der Waals surface area contributed by atoms with E-state index < -0.39 is 35.9 Å². The first kappa shape index (κ1) is 26.2. The van der Waals surface area contributed by atoms with Crippen LogP contribution in [0.1, 0.15) is 59.1 Å². The minimum absolute atomic E-state index is 0.0242. The fourth-order valence-corrected chi connectivity index (χ4v) is 4.61. The number of aryl methyl sites for hydroxylation is 1. The summed E-state index contributed by atoms with van der Waals surface area (Å²) >= 11 is 0. The van der Waals surface area contributed by atoms with Gasteiger partial charge in [-0.2, -0.15) is 26.3 Å². The summed E-state index contributed by atoms with van der Waals surface area (Å²) in [6, 6.07) is 10.9. The molecule has 0 saturated carbocycles. The topological polar surface area (TPSA) is 47.1 Å². The van der Waals surface area contributed by atoms with E-state index in [1.165, 1.54) is 6.92 Å². The van der Waals surface area contributed by atoms with Crippen molar-refractivity contribution in [2.45, 2.75) is 57.4 Å². The first-order valence-corrected chi connectivity index (χ1v) is 11.5. The number of hydrogen-bond donors (Lipinski definition) is 1. The van der Waals surface area contributed by atoms with Crippen LogP contribution in [0.25, 0.3) is 0 Å². The molecule has 1 aliphatic heterocycles. The number of nitrogens with one attached hydrogen (secondary N) is 1. The maximum atomic E-state index is 13.4. The molecule has 4 atom stereocenters. The molecule has 0 amide bonds. The van der Waals surface area contributed by atoms with E-state index in [1.54, 1.807) is 6.20 Å². The summed E-state index contributed by atoms with van der Waals surface area (Å²) in [6.45, 7) is 3.66. The first-order valence-electron chi connectivity index (χ1n) is 11.5. The Kier molecular flexibility index (Phi) is 7.47. The molecule has 1 aromatic heterocycles. The van der Waals surface area contributed by atoms with Crippen LogP contribution < -0.4 is 0 Å². The highest BCUT2D eigenvalue weighted by Gasteiger charge is 2.40. The molecule has 0 spiro atoms. The summed E-state index contributed by atoms with van der Waals surface area (Å²) in [7, 11) is 0. The lowest BCUT2D eigenvalue weighted by atomic mass is 9.79. The predicted octanol–water partition coefficient (Wildman–Crippen LogP) is 7.22. The van der Waals surface area contributed by atoms with Crippen molar-refractivity contribution in [1.29, 1.82) is 0 Å². The fourth-order valence-electron chi connectivity index (χ4n) is 4.61. The third-order valence-corrected chi connectivity index (χ3v) is 6.39. The number of nitrogens with zero attached hydrogens (tertiary/aromatic N) is 1. The molecule has 194 valence electrons. The van der Waals surface area contributed by atoms with Crippen LogP contribution in [0.4, 0.5) is 26.3 Å². The zero-order valence-electron chi connectivity index (χ0n) is 19.7. The van der Waals surface area contributed by atoms with Gasteiger partial charge in [-0.15, -0.1) is 0 Å². The molecule has 0 radical (unpaired) electrons. The SMILES string of the molecule is Cc1cnc(C[C@@H]2CCO[C@H](O[C@H](C)c3cc(C(F)(F)F)cc(C(F)(F)F)c3)[C@H]2c2ccccc2)[nH]1. The quantitative estimate of drug-likeness (QED) is 0.355. The molecule has 0 unspecified atom stereocenters. The van der Waals surface area contributed by atoms with E-state index in [-0.39, 0.29) is 23.5 Å². The summed E-state index contributed by atoms with van der Waals surface area (Å²) in [5.74, 6) is 0.511. The van der Waals surface area contributed by atoms with Gasteiger partial charge in [-0.05, 0) is 55.5 Å². The number of aromatic nitrogens is 2. The van der Waals surface area contributed by atoms with E-state index in [4.69, 9.17) is 9.47 Å². The van der Waals surface area contributed by atoms with E-state index in [2.05, 4.69) is 9.97 Å². The first-order chi connectivity index (χ1) is 16.9. The summed E-state index contributed by atoms with van der Waals surface area (Å²) in [4.78, 5) is 7.60. The van der Waals surface area contributed by atoms with E-state index in [1.807, 2.05) is 37.3 Å². The van der Waals surface area contributed by atoms with E-state index in [0.29, 0.717) is 31.6 Å². The third-order valence-electron chi connectivity index (χ3n) is 6.39. The smallest absolute Gasteiger partial charge is 0.352 e. The maximum absolute atomic E-state index is 13.4. The molecule has 1 fully saturated rings. The largest absolute Gasteiger partial charge is 0.416 e. The van der Waals surface area contributed by atoms with Crippen LogP contribution in [-0.2, 0) is 28.2 Å². The Bertz CT molecular complexity index is 1130. The van der Waals surface area contributed by atoms with E-state index >= 15 is 0 Å². The van der Waals surface area contributed by atoms with Gasteiger partial charge in [0.05, 0.1) is 23.8 Å². The molecular weight excluding hydrogens is 486 g/mol. The zero-order valence-corrected chi connectivity index (χ0v) is 19.7. The lowest BCUT2D eigenvalue weighted by Gasteiger charge is -2.39. The number of halogens is 6. The van der Waals surface area contributed by atoms with Gasteiger partial charge >= 0.3 is 12.4 Å². The molecule has 3 aromatic rings. The Hall–Kier alpha value is -2.85. The average molecular weight is 512 g/mol. The molecule has 1 saturated heterocycles. The number of rotatable bonds is 6. The van der Waals surface area contributed by atoms with Crippen molar-refractivity contribution in [2.75, 3.05) is 6.61 Å². The molecule has 36 heavy (non-hydrogen) atoms. The van der Waals surface area contributed by atoms with Crippen LogP contribution in [0.3, 0.4) is 0 Å². The number of imidazole rings is 1. The number of ether oxygens (including phenoxy) is 2. The molecule has 0 bridgehead atoms. The van der Waals surface area contributed by atoms with Crippen LogP contribution in [-0.4, -0.2) is 22.9 Å². The fraction of sp³-hybridized carbons (Fsp3) is 0.423. The van der Waals surface area contributed by atoms with Crippen LogP contribution in [0.15, 0.2) is 54.7 Å². The second kappa shape index (κ2) is 10.3. The second-order valence-corrected chi connectivity index (χ2v) is 9.06. The minimum Gasteiger partial charge on any atom is -0.352 e. The Morgan fingerprint density at radius 2 is 1.67 bits per heavy atom. The van der Waals surface area contributed by atoms with Gasteiger partial charge in [0, 0.05) is 24.2 Å². The number of alkyl halides is 6. The predicted molar refractivity (Wildman–Crippen MR) is 120 cm³/mol. The van der Waals surface area contributed by atoms with Crippen molar-refractivity contribution >= 4 is 0 Å². The van der Waals surface area contributed by atoms with Crippen molar-refractivity contribution in [3.05, 3.63) is 88.5 Å². The van der Waals surface area contributed by atoms with Crippen molar-refractivity contribution in [3.8, 4) is 0 Å². The summed E-state index contributed by atoms with van der Waals surface area (Å²) in [5, 5.41) is 0. The summed E-state index contributed by atoms with van der Waals surface area (Å²) in [6.07, 6.45) is -8.82. The molecule has 4 rings (SSSR count). The minimum atomic E-state index is -4.93. The molecule has 1 aliphatic rings. The second-order valence-electron chi connectivity index (χ2n) is 9.06. The normalized spacial score (nSPS) is 21.9. The lowest BCUT2D eigenvalue weighted by Crippen LogP contribution is -2.38. The highest BCUT2D eigenvalue weighted by Crippen LogP contribution is 2.42. The molecular formula is C26H26F6N2O2. The Morgan fingerprint density at radius 1 is 1.03 bits per heavy atom. The standard InChI is InChI=1S/C26H26F6N2O2/c1-15-14-33-22(34-15)12-18-8-9-35-24(23(18)17-6-4-3-5-7-17)36-16(2)19-10-20(25(27,28)29)13-21(11-19)26(30,31)32/h3-7,10-11,13-14,16,18,23-24H,8-9,12H2,1-2H3,(H,33,34)/t16-,18+,23+,24-/m1/s1. The molecule has 2 aromatic carbocycles. The van der Waals surface area contributed by atoms with Crippen LogP contribution in [0.5, 0.6) is 0 Å². The molecule has 2 heterocycles. The maximum Gasteiger partial charge on any atom is 0.416 e. The van der Waals surface area contributed by atoms with Gasteiger partial charge in [-0.3, -0.25) is 0 Å². The van der Waals surface area contributed by atoms with Crippen molar-refractivity contribution in [2.24, 2.45) is 5.92 Å². The van der Waals surface area contributed by atoms with Gasteiger partial charge in [0.25, 0.3) is 0 Å². The Labute approximate surface area is 204 Å². The van der Waals surface area contributed by atoms with Crippen molar-refractivity contribution in [1.82, 2.24) is 9.97 Å². The van der Waals surface area contributed by atoms with Crippen molar-refractivity contribution < 1.29 is 35.8 Å². The summed E-state index contributed by atoms with van der Waals surface area (Å²) < 4.78 is 92.1.